The maximum atomic E-state index is 11.6. The fraction of sp³-hybridized carbons (Fsp3) is 0.600. The van der Waals surface area contributed by atoms with Gasteiger partial charge in [0.2, 0.25) is 0 Å². The van der Waals surface area contributed by atoms with Gasteiger partial charge in [-0.2, -0.15) is 5.10 Å². The van der Waals surface area contributed by atoms with Gasteiger partial charge in [-0.1, -0.05) is 11.6 Å². The predicted octanol–water partition coefficient (Wildman–Crippen LogP) is 0.755. The van der Waals surface area contributed by atoms with Crippen LogP contribution in [0.25, 0.3) is 0 Å². The van der Waals surface area contributed by atoms with Crippen LogP contribution in [0.3, 0.4) is 0 Å². The van der Waals surface area contributed by atoms with E-state index in [0.29, 0.717) is 11.6 Å². The molecule has 1 rings (SSSR count). The van der Waals surface area contributed by atoms with E-state index in [-0.39, 0.29) is 11.6 Å². The average molecular weight is 245 g/mol. The molecular weight excluding hydrogens is 228 g/mol. The number of hydrogen-bond acceptors (Lipinski definition) is 3. The molecule has 0 atom stereocenters. The van der Waals surface area contributed by atoms with E-state index in [0.717, 1.165) is 13.0 Å². The second-order valence-corrected chi connectivity index (χ2v) is 4.32. The summed E-state index contributed by atoms with van der Waals surface area (Å²) >= 11 is 5.85. The molecule has 16 heavy (non-hydrogen) atoms. The van der Waals surface area contributed by atoms with Gasteiger partial charge in [0.1, 0.15) is 0 Å². The van der Waals surface area contributed by atoms with Gasteiger partial charge in [0.15, 0.2) is 5.69 Å². The molecule has 0 saturated heterocycles. The molecule has 0 fully saturated rings. The molecular formula is C10H17ClN4O. The van der Waals surface area contributed by atoms with Crippen molar-refractivity contribution in [1.29, 1.82) is 0 Å². The number of rotatable bonds is 5. The van der Waals surface area contributed by atoms with Crippen molar-refractivity contribution in [3.05, 3.63) is 16.9 Å². The van der Waals surface area contributed by atoms with Crippen molar-refractivity contribution >= 4 is 17.5 Å². The molecule has 0 saturated carbocycles. The first-order valence-corrected chi connectivity index (χ1v) is 5.50. The molecule has 1 aromatic rings. The van der Waals surface area contributed by atoms with Crippen molar-refractivity contribution in [2.45, 2.75) is 6.42 Å². The van der Waals surface area contributed by atoms with Crippen molar-refractivity contribution in [2.24, 2.45) is 7.05 Å². The fourth-order valence-corrected chi connectivity index (χ4v) is 1.56. The molecule has 0 bridgehead atoms. The summed E-state index contributed by atoms with van der Waals surface area (Å²) in [6, 6.07) is 0. The summed E-state index contributed by atoms with van der Waals surface area (Å²) in [6.45, 7) is 1.57. The van der Waals surface area contributed by atoms with Crippen LogP contribution in [0.15, 0.2) is 6.20 Å². The fourth-order valence-electron chi connectivity index (χ4n) is 1.29. The highest BCUT2D eigenvalue weighted by molar-refractivity contribution is 6.33. The van der Waals surface area contributed by atoms with Crippen LogP contribution in [0.1, 0.15) is 16.9 Å². The number of aryl methyl sites for hydroxylation is 1. The van der Waals surface area contributed by atoms with Crippen LogP contribution in [0, 0.1) is 0 Å². The minimum Gasteiger partial charge on any atom is -0.351 e. The molecule has 0 spiro atoms. The summed E-state index contributed by atoms with van der Waals surface area (Å²) < 4.78 is 1.52. The lowest BCUT2D eigenvalue weighted by molar-refractivity contribution is 0.0947. The van der Waals surface area contributed by atoms with Gasteiger partial charge in [0.25, 0.3) is 5.91 Å². The Labute approximate surface area is 100 Å². The topological polar surface area (TPSA) is 50.2 Å². The number of hydrogen-bond donors (Lipinski definition) is 1. The zero-order valence-corrected chi connectivity index (χ0v) is 10.6. The highest BCUT2D eigenvalue weighted by Crippen LogP contribution is 2.12. The molecule has 1 N–H and O–H groups in total. The Morgan fingerprint density at radius 3 is 2.81 bits per heavy atom. The van der Waals surface area contributed by atoms with Gasteiger partial charge in [-0.25, -0.2) is 0 Å². The minimum absolute atomic E-state index is 0.218. The van der Waals surface area contributed by atoms with Crippen LogP contribution in [0.2, 0.25) is 5.02 Å². The molecule has 1 aromatic heterocycles. The lowest BCUT2D eigenvalue weighted by Crippen LogP contribution is -2.27. The quantitative estimate of drug-likeness (QED) is 0.778. The van der Waals surface area contributed by atoms with Gasteiger partial charge in [0.05, 0.1) is 5.02 Å². The van der Waals surface area contributed by atoms with Crippen molar-refractivity contribution < 1.29 is 4.79 Å². The van der Waals surface area contributed by atoms with E-state index in [9.17, 15) is 4.79 Å². The van der Waals surface area contributed by atoms with Crippen molar-refractivity contribution in [1.82, 2.24) is 20.0 Å². The first kappa shape index (κ1) is 13.0. The first-order valence-electron chi connectivity index (χ1n) is 5.13. The Morgan fingerprint density at radius 1 is 1.62 bits per heavy atom. The maximum Gasteiger partial charge on any atom is 0.273 e. The number of carbonyl (C=O) groups is 1. The average Bonchev–Trinajstić information content (AvgIpc) is 2.52. The van der Waals surface area contributed by atoms with Crippen LogP contribution >= 0.6 is 11.6 Å². The lowest BCUT2D eigenvalue weighted by atomic mass is 10.3. The Morgan fingerprint density at radius 2 is 2.31 bits per heavy atom. The van der Waals surface area contributed by atoms with Gasteiger partial charge in [0, 0.05) is 19.8 Å². The second-order valence-electron chi connectivity index (χ2n) is 3.91. The Balaban J connectivity index is 2.38. The lowest BCUT2D eigenvalue weighted by Gasteiger charge is -2.09. The van der Waals surface area contributed by atoms with Crippen LogP contribution in [0.5, 0.6) is 0 Å². The van der Waals surface area contributed by atoms with Gasteiger partial charge in [-0.3, -0.25) is 9.48 Å². The summed E-state index contributed by atoms with van der Waals surface area (Å²) in [5, 5.41) is 7.15. The SMILES string of the molecule is CN(C)CCCNC(=O)c1nn(C)cc1Cl. The van der Waals surface area contributed by atoms with Crippen molar-refractivity contribution in [3.8, 4) is 0 Å². The summed E-state index contributed by atoms with van der Waals surface area (Å²) in [5.74, 6) is -0.218. The molecule has 0 aliphatic rings. The second kappa shape index (κ2) is 5.86. The largest absolute Gasteiger partial charge is 0.351 e. The van der Waals surface area contributed by atoms with Crippen molar-refractivity contribution in [3.63, 3.8) is 0 Å². The monoisotopic (exact) mass is 244 g/mol. The van der Waals surface area contributed by atoms with Crippen LogP contribution < -0.4 is 5.32 Å². The number of nitrogens with zero attached hydrogens (tertiary/aromatic N) is 3. The summed E-state index contributed by atoms with van der Waals surface area (Å²) in [4.78, 5) is 13.7. The first-order chi connectivity index (χ1) is 7.50. The molecule has 5 nitrogen and oxygen atoms in total. The minimum atomic E-state index is -0.218. The summed E-state index contributed by atoms with van der Waals surface area (Å²) in [5.41, 5.74) is 0.286. The number of aromatic nitrogens is 2. The summed E-state index contributed by atoms with van der Waals surface area (Å²) in [6.07, 6.45) is 2.51. The number of nitrogens with one attached hydrogen (secondary N) is 1. The van der Waals surface area contributed by atoms with E-state index in [4.69, 9.17) is 11.6 Å². The van der Waals surface area contributed by atoms with Gasteiger partial charge in [-0.15, -0.1) is 0 Å². The third-order valence-electron chi connectivity index (χ3n) is 2.07. The molecule has 0 radical (unpaired) electrons. The van der Waals surface area contributed by atoms with Crippen molar-refractivity contribution in [2.75, 3.05) is 27.2 Å². The molecule has 90 valence electrons. The van der Waals surface area contributed by atoms with E-state index in [1.54, 1.807) is 13.2 Å². The van der Waals surface area contributed by atoms with E-state index in [1.165, 1.54) is 4.68 Å². The van der Waals surface area contributed by atoms with E-state index in [2.05, 4.69) is 15.3 Å². The highest BCUT2D eigenvalue weighted by Gasteiger charge is 2.13. The highest BCUT2D eigenvalue weighted by atomic mass is 35.5. The molecule has 1 heterocycles. The van der Waals surface area contributed by atoms with Crippen LogP contribution in [-0.4, -0.2) is 47.8 Å². The zero-order chi connectivity index (χ0) is 12.1. The van der Waals surface area contributed by atoms with E-state index < -0.39 is 0 Å². The summed E-state index contributed by atoms with van der Waals surface area (Å²) in [7, 11) is 5.73. The number of amides is 1. The smallest absolute Gasteiger partial charge is 0.273 e. The molecule has 0 aromatic carbocycles. The van der Waals surface area contributed by atoms with E-state index in [1.807, 2.05) is 14.1 Å². The van der Waals surface area contributed by atoms with Crippen LogP contribution in [0.4, 0.5) is 0 Å². The van der Waals surface area contributed by atoms with Crippen LogP contribution in [-0.2, 0) is 7.05 Å². The normalized spacial score (nSPS) is 10.8. The van der Waals surface area contributed by atoms with Gasteiger partial charge < -0.3 is 10.2 Å². The maximum absolute atomic E-state index is 11.6. The third kappa shape index (κ3) is 3.83. The number of halogens is 1. The van der Waals surface area contributed by atoms with Gasteiger partial charge in [-0.05, 0) is 27.1 Å². The standard InChI is InChI=1S/C10H17ClN4O/c1-14(2)6-4-5-12-10(16)9-8(11)7-15(3)13-9/h7H,4-6H2,1-3H3,(H,12,16). The Bertz CT molecular complexity index is 362. The third-order valence-corrected chi connectivity index (χ3v) is 2.34. The molecule has 1 amide bonds. The van der Waals surface area contributed by atoms with E-state index >= 15 is 0 Å². The molecule has 0 aliphatic carbocycles. The van der Waals surface area contributed by atoms with Gasteiger partial charge >= 0.3 is 0 Å². The molecule has 6 heteroatoms. The molecule has 0 aliphatic heterocycles. The number of carbonyl (C=O) groups excluding carboxylic acids is 1. The Hall–Kier alpha value is -1.07. The zero-order valence-electron chi connectivity index (χ0n) is 9.83. The predicted molar refractivity (Wildman–Crippen MR) is 63.7 cm³/mol. The molecule has 0 unspecified atom stereocenters. The Kier molecular flexibility index (Phi) is 4.76.